The van der Waals surface area contributed by atoms with Gasteiger partial charge in [0.15, 0.2) is 17.5 Å². The maximum Gasteiger partial charge on any atom is 0.164 e. The molecule has 2 aliphatic carbocycles. The van der Waals surface area contributed by atoms with Crippen LogP contribution in [-0.4, -0.2) is 15.0 Å². The molecule has 0 bridgehead atoms. The minimum atomic E-state index is -0.386. The summed E-state index contributed by atoms with van der Waals surface area (Å²) in [5.74, 6) is 2.02. The van der Waals surface area contributed by atoms with Gasteiger partial charge in [-0.25, -0.2) is 15.0 Å². The molecule has 274 valence electrons. The van der Waals surface area contributed by atoms with E-state index in [1.807, 2.05) is 36.4 Å². The highest BCUT2D eigenvalue weighted by atomic mass is 15.2. The Morgan fingerprint density at radius 1 is 0.500 bits per heavy atom. The lowest BCUT2D eigenvalue weighted by molar-refractivity contribution is 0.471. The van der Waals surface area contributed by atoms with Crippen LogP contribution < -0.4 is 4.90 Å². The summed E-state index contributed by atoms with van der Waals surface area (Å²) in [5.41, 5.74) is 13.5. The Bertz CT molecular complexity index is 2940. The summed E-state index contributed by atoms with van der Waals surface area (Å²) >= 11 is 0. The molecule has 2 heterocycles. The standard InChI is InChI=1S/C54H38N4/c1-54-47-32-17-16-30-43(47)46(37-21-8-3-9-22-37)35-49(54)58(48-34-45(36-19-6-2-7-20-36)42-29-14-15-31-44(42)50(48)54)41-28-18-27-40(33-41)53-56-51(38-23-10-4-11-24-38)55-52(57-53)39-25-12-5-13-26-39/h2-35,47H,1H3. The maximum atomic E-state index is 5.13. The highest BCUT2D eigenvalue weighted by Gasteiger charge is 2.53. The zero-order chi connectivity index (χ0) is 38.6. The first-order chi connectivity index (χ1) is 28.6. The number of nitrogens with zero attached hydrogens (tertiary/aromatic N) is 4. The van der Waals surface area contributed by atoms with Crippen molar-refractivity contribution in [1.82, 2.24) is 15.0 Å². The molecule has 1 aromatic heterocycles. The normalized spacial score (nSPS) is 17.8. The Labute approximate surface area is 338 Å². The third-order valence-corrected chi connectivity index (χ3v) is 12.0. The number of hydrogen-bond donors (Lipinski definition) is 0. The Morgan fingerprint density at radius 3 is 1.67 bits per heavy atom. The molecule has 11 rings (SSSR count). The first-order valence-electron chi connectivity index (χ1n) is 19.9. The van der Waals surface area contributed by atoms with Gasteiger partial charge in [0.2, 0.25) is 0 Å². The fraction of sp³-hybridized carbons (Fsp3) is 0.0556. The summed E-state index contributed by atoms with van der Waals surface area (Å²) in [6.07, 6.45) is 11.6. The number of allylic oxidation sites excluding steroid dienone is 8. The SMILES string of the molecule is CC12C(=CC(c3ccccc3)=C3C=CC=CC31)N(c1cccc(-c3nc(-c4ccccc4)nc(-c4ccccc4)n3)c1)c1cc(-c3ccccc3)c3ccccc3c12. The van der Waals surface area contributed by atoms with E-state index in [9.17, 15) is 0 Å². The minimum absolute atomic E-state index is 0.107. The molecule has 0 N–H and O–H groups in total. The van der Waals surface area contributed by atoms with E-state index in [2.05, 4.69) is 182 Å². The number of aromatic nitrogens is 3. The fourth-order valence-electron chi connectivity index (χ4n) is 9.35. The van der Waals surface area contributed by atoms with Crippen molar-refractivity contribution in [3.05, 3.63) is 229 Å². The van der Waals surface area contributed by atoms with Gasteiger partial charge in [-0.15, -0.1) is 0 Å². The Morgan fingerprint density at radius 2 is 1.03 bits per heavy atom. The van der Waals surface area contributed by atoms with Crippen molar-refractivity contribution < 1.29 is 0 Å². The van der Waals surface area contributed by atoms with Gasteiger partial charge in [0.1, 0.15) is 0 Å². The topological polar surface area (TPSA) is 41.9 Å². The molecule has 0 saturated carbocycles. The van der Waals surface area contributed by atoms with E-state index in [0.29, 0.717) is 17.5 Å². The van der Waals surface area contributed by atoms with Gasteiger partial charge in [0.05, 0.1) is 5.69 Å². The molecule has 0 radical (unpaired) electrons. The summed E-state index contributed by atoms with van der Waals surface area (Å²) in [6.45, 7) is 2.45. The number of rotatable bonds is 6. The van der Waals surface area contributed by atoms with Crippen LogP contribution >= 0.6 is 0 Å². The van der Waals surface area contributed by atoms with Gasteiger partial charge in [-0.05, 0) is 75.4 Å². The molecule has 3 aliphatic rings. The predicted octanol–water partition coefficient (Wildman–Crippen LogP) is 13.2. The molecule has 2 atom stereocenters. The van der Waals surface area contributed by atoms with Gasteiger partial charge in [-0.1, -0.05) is 182 Å². The molecule has 8 aromatic rings. The lowest BCUT2D eigenvalue weighted by atomic mass is 9.62. The summed E-state index contributed by atoms with van der Waals surface area (Å²) in [5, 5.41) is 2.53. The van der Waals surface area contributed by atoms with Crippen molar-refractivity contribution in [3.63, 3.8) is 0 Å². The second kappa shape index (κ2) is 13.6. The van der Waals surface area contributed by atoms with Gasteiger partial charge in [0, 0.05) is 39.4 Å². The summed E-state index contributed by atoms with van der Waals surface area (Å²) in [4.78, 5) is 17.7. The van der Waals surface area contributed by atoms with Crippen molar-refractivity contribution in [2.24, 2.45) is 5.92 Å². The lowest BCUT2D eigenvalue weighted by Crippen LogP contribution is -2.37. The van der Waals surface area contributed by atoms with E-state index in [4.69, 9.17) is 15.0 Å². The van der Waals surface area contributed by atoms with Gasteiger partial charge in [-0.3, -0.25) is 0 Å². The highest BCUT2D eigenvalue weighted by Crippen LogP contribution is 2.63. The Hall–Kier alpha value is -7.43. The zero-order valence-electron chi connectivity index (χ0n) is 32.0. The smallest absolute Gasteiger partial charge is 0.164 e. The minimum Gasteiger partial charge on any atom is -0.313 e. The average molecular weight is 743 g/mol. The second-order valence-electron chi connectivity index (χ2n) is 15.3. The summed E-state index contributed by atoms with van der Waals surface area (Å²) < 4.78 is 0. The molecule has 7 aromatic carbocycles. The summed E-state index contributed by atoms with van der Waals surface area (Å²) in [6, 6.07) is 62.1. The van der Waals surface area contributed by atoms with E-state index < -0.39 is 0 Å². The van der Waals surface area contributed by atoms with E-state index in [1.54, 1.807) is 0 Å². The summed E-state index contributed by atoms with van der Waals surface area (Å²) in [7, 11) is 0. The molecule has 4 heteroatoms. The second-order valence-corrected chi connectivity index (χ2v) is 15.3. The fourth-order valence-corrected chi connectivity index (χ4v) is 9.35. The Balaban J connectivity index is 1.18. The van der Waals surface area contributed by atoms with Crippen LogP contribution in [-0.2, 0) is 5.41 Å². The van der Waals surface area contributed by atoms with Crippen LogP contribution in [0.1, 0.15) is 18.1 Å². The van der Waals surface area contributed by atoms with Gasteiger partial charge in [0.25, 0.3) is 0 Å². The van der Waals surface area contributed by atoms with Crippen molar-refractivity contribution in [2.75, 3.05) is 4.90 Å². The third-order valence-electron chi connectivity index (χ3n) is 12.0. The van der Waals surface area contributed by atoms with E-state index in [-0.39, 0.29) is 11.3 Å². The number of fused-ring (bicyclic) bond motifs is 7. The zero-order valence-corrected chi connectivity index (χ0v) is 32.0. The van der Waals surface area contributed by atoms with Gasteiger partial charge >= 0.3 is 0 Å². The predicted molar refractivity (Wildman–Crippen MR) is 238 cm³/mol. The molecule has 58 heavy (non-hydrogen) atoms. The van der Waals surface area contributed by atoms with Crippen LogP contribution in [0, 0.1) is 5.92 Å². The third kappa shape index (κ3) is 5.41. The molecule has 0 amide bonds. The van der Waals surface area contributed by atoms with E-state index in [1.165, 1.54) is 55.6 Å². The monoisotopic (exact) mass is 742 g/mol. The van der Waals surface area contributed by atoms with Gasteiger partial charge in [-0.2, -0.15) is 0 Å². The van der Waals surface area contributed by atoms with Crippen molar-refractivity contribution in [3.8, 4) is 45.3 Å². The van der Waals surface area contributed by atoms with E-state index >= 15 is 0 Å². The molecule has 0 saturated heterocycles. The van der Waals surface area contributed by atoms with Crippen LogP contribution in [0.2, 0.25) is 0 Å². The van der Waals surface area contributed by atoms with Crippen LogP contribution in [0.15, 0.2) is 218 Å². The highest BCUT2D eigenvalue weighted by molar-refractivity contribution is 6.07. The molecular formula is C54H38N4. The first-order valence-corrected chi connectivity index (χ1v) is 19.9. The van der Waals surface area contributed by atoms with E-state index in [0.717, 1.165) is 22.4 Å². The van der Waals surface area contributed by atoms with Crippen LogP contribution in [0.4, 0.5) is 11.4 Å². The maximum absolute atomic E-state index is 5.13. The average Bonchev–Trinajstić information content (AvgIpc) is 3.57. The van der Waals surface area contributed by atoms with Crippen molar-refractivity contribution in [2.45, 2.75) is 12.3 Å². The molecule has 0 spiro atoms. The van der Waals surface area contributed by atoms with Crippen LogP contribution in [0.5, 0.6) is 0 Å². The van der Waals surface area contributed by atoms with Crippen molar-refractivity contribution in [1.29, 1.82) is 0 Å². The number of anilines is 2. The van der Waals surface area contributed by atoms with Crippen LogP contribution in [0.3, 0.4) is 0 Å². The molecule has 2 unspecified atom stereocenters. The molecule has 4 nitrogen and oxygen atoms in total. The number of hydrogen-bond acceptors (Lipinski definition) is 4. The van der Waals surface area contributed by atoms with Gasteiger partial charge < -0.3 is 4.90 Å². The van der Waals surface area contributed by atoms with Crippen LogP contribution in [0.25, 0.3) is 61.6 Å². The first kappa shape index (κ1) is 33.9. The Kier molecular flexibility index (Phi) is 7.97. The molecule has 0 fully saturated rings. The molecule has 1 aliphatic heterocycles. The number of benzene rings is 7. The molecular weight excluding hydrogens is 705 g/mol. The van der Waals surface area contributed by atoms with Crippen molar-refractivity contribution >= 4 is 27.7 Å². The largest absolute Gasteiger partial charge is 0.313 e. The lowest BCUT2D eigenvalue weighted by Gasteiger charge is -2.42. The quantitative estimate of drug-likeness (QED) is 0.170.